The second kappa shape index (κ2) is 68.7. The zero-order valence-electron chi connectivity index (χ0n) is 57.1. The van der Waals surface area contributed by atoms with Crippen LogP contribution in [0.4, 0.5) is 0 Å². The number of carbonyl (C=O) groups excluding carboxylic acids is 6. The summed E-state index contributed by atoms with van der Waals surface area (Å²) in [5, 5.41) is 43.0. The van der Waals surface area contributed by atoms with Crippen molar-refractivity contribution in [3.05, 3.63) is 0 Å². The SMILES string of the molecule is CCC(COCCC(=O)NCCOCCOCCOCCC(=O)NCCCCCCCC(=O)O)(COCCC(=O)NCCOCCOCCOCCC(=O)NCCCCCCCC(=O)O)COCC(=O)NCCOCCOCCOCCC(=O)NCCCCCCCC(=O)O. The van der Waals surface area contributed by atoms with E-state index in [9.17, 15) is 43.2 Å². The first-order chi connectivity index (χ1) is 46.2. The molecular weight excluding hydrogens is 1250 g/mol. The summed E-state index contributed by atoms with van der Waals surface area (Å²) >= 11 is 0. The first-order valence-electron chi connectivity index (χ1n) is 34.4. The van der Waals surface area contributed by atoms with Crippen molar-refractivity contribution in [2.75, 3.05) is 198 Å². The Morgan fingerprint density at radius 1 is 0.242 bits per heavy atom. The van der Waals surface area contributed by atoms with E-state index in [-0.39, 0.29) is 186 Å². The minimum absolute atomic E-state index is 0.0822. The van der Waals surface area contributed by atoms with Gasteiger partial charge < -0.3 is 104 Å². The highest BCUT2D eigenvalue weighted by molar-refractivity contribution is 5.78. The lowest BCUT2D eigenvalue weighted by atomic mass is 9.88. The van der Waals surface area contributed by atoms with Crippen LogP contribution in [0.1, 0.15) is 161 Å². The summed E-state index contributed by atoms with van der Waals surface area (Å²) in [7, 11) is 0. The Hall–Kier alpha value is -5.25. The molecule has 30 nitrogen and oxygen atoms in total. The van der Waals surface area contributed by atoms with Crippen LogP contribution in [0.5, 0.6) is 0 Å². The lowest BCUT2D eigenvalue weighted by Gasteiger charge is -2.32. The van der Waals surface area contributed by atoms with Gasteiger partial charge in [0.05, 0.1) is 152 Å². The number of unbranched alkanes of at least 4 members (excludes halogenated alkanes) is 12. The van der Waals surface area contributed by atoms with E-state index in [1.165, 1.54) is 0 Å². The molecule has 0 aliphatic rings. The predicted octanol–water partition coefficient (Wildman–Crippen LogP) is 3.51. The summed E-state index contributed by atoms with van der Waals surface area (Å²) < 4.78 is 67.5. The molecule has 0 atom stereocenters. The van der Waals surface area contributed by atoms with Gasteiger partial charge in [0.1, 0.15) is 6.61 Å². The fraction of sp³-hybridized carbons (Fsp3) is 0.862. The van der Waals surface area contributed by atoms with Crippen molar-refractivity contribution in [2.45, 2.75) is 161 Å². The van der Waals surface area contributed by atoms with Gasteiger partial charge in [-0.25, -0.2) is 0 Å². The van der Waals surface area contributed by atoms with Crippen molar-refractivity contribution in [3.8, 4) is 0 Å². The third-order valence-corrected chi connectivity index (χ3v) is 14.2. The molecule has 6 amide bonds. The molecule has 0 radical (unpaired) electrons. The summed E-state index contributed by atoms with van der Waals surface area (Å²) in [5.41, 5.74) is -0.718. The summed E-state index contributed by atoms with van der Waals surface area (Å²) in [6.07, 6.45) is 14.8. The number of hydrogen-bond acceptors (Lipinski definition) is 21. The van der Waals surface area contributed by atoms with Gasteiger partial charge in [-0.3, -0.25) is 43.2 Å². The number of rotatable bonds is 75. The van der Waals surface area contributed by atoms with Gasteiger partial charge in [0, 0.05) is 96.1 Å². The summed E-state index contributed by atoms with van der Waals surface area (Å²) in [5.74, 6) is -3.39. The largest absolute Gasteiger partial charge is 0.481 e. The van der Waals surface area contributed by atoms with Crippen LogP contribution in [0.2, 0.25) is 0 Å². The lowest BCUT2D eigenvalue weighted by molar-refractivity contribution is -0.138. The topological polar surface area (TPSA) is 397 Å². The molecule has 9 N–H and O–H groups in total. The Morgan fingerprint density at radius 3 is 0.747 bits per heavy atom. The number of hydrogen-bond donors (Lipinski definition) is 9. The molecule has 0 aliphatic carbocycles. The molecule has 0 bridgehead atoms. The van der Waals surface area contributed by atoms with Gasteiger partial charge in [0.25, 0.3) is 0 Å². The predicted molar refractivity (Wildman–Crippen MR) is 350 cm³/mol. The average Bonchev–Trinajstić information content (AvgIpc) is 1.65. The summed E-state index contributed by atoms with van der Waals surface area (Å²) in [4.78, 5) is 106. The van der Waals surface area contributed by atoms with Crippen LogP contribution in [-0.2, 0) is 100.0 Å². The van der Waals surface area contributed by atoms with E-state index in [4.69, 9.17) is 72.2 Å². The molecule has 0 spiro atoms. The molecule has 0 saturated carbocycles. The zero-order chi connectivity index (χ0) is 69.6. The second-order valence-corrected chi connectivity index (χ2v) is 22.5. The second-order valence-electron chi connectivity index (χ2n) is 22.5. The van der Waals surface area contributed by atoms with Crippen LogP contribution in [0, 0.1) is 5.41 Å². The molecule has 0 unspecified atom stereocenters. The highest BCUT2D eigenvalue weighted by Gasteiger charge is 2.30. The van der Waals surface area contributed by atoms with Crippen molar-refractivity contribution in [1.29, 1.82) is 0 Å². The number of nitrogens with one attached hydrogen (secondary N) is 6. The molecule has 0 aromatic rings. The molecule has 0 aromatic carbocycles. The van der Waals surface area contributed by atoms with Crippen LogP contribution in [0.15, 0.2) is 0 Å². The minimum Gasteiger partial charge on any atom is -0.481 e. The number of carboxylic acids is 3. The van der Waals surface area contributed by atoms with Gasteiger partial charge in [-0.05, 0) is 44.9 Å². The third-order valence-electron chi connectivity index (χ3n) is 14.2. The highest BCUT2D eigenvalue weighted by Crippen LogP contribution is 2.24. The van der Waals surface area contributed by atoms with Gasteiger partial charge in [0.2, 0.25) is 35.4 Å². The molecule has 0 aromatic heterocycles. The first-order valence-corrected chi connectivity index (χ1v) is 34.4. The number of carbonyl (C=O) groups is 9. The van der Waals surface area contributed by atoms with E-state index >= 15 is 0 Å². The Balaban J connectivity index is 4.52. The first kappa shape index (κ1) is 89.8. The fourth-order valence-electron chi connectivity index (χ4n) is 8.58. The Bertz CT molecular complexity index is 1840. The minimum atomic E-state index is -0.778. The number of amides is 6. The van der Waals surface area contributed by atoms with Gasteiger partial charge in [-0.15, -0.1) is 0 Å². The molecule has 0 heterocycles. The Labute approximate surface area is 563 Å². The molecule has 0 saturated heterocycles. The van der Waals surface area contributed by atoms with Crippen molar-refractivity contribution < 1.29 is 115 Å². The molecule has 0 rings (SSSR count). The number of ether oxygens (including phenoxy) is 12. The van der Waals surface area contributed by atoms with Crippen LogP contribution in [-0.4, -0.2) is 267 Å². The maximum absolute atomic E-state index is 12.7. The van der Waals surface area contributed by atoms with Crippen molar-refractivity contribution >= 4 is 53.4 Å². The molecule has 0 aliphatic heterocycles. The molecule has 0 fully saturated rings. The van der Waals surface area contributed by atoms with E-state index < -0.39 is 23.3 Å². The van der Waals surface area contributed by atoms with Crippen molar-refractivity contribution in [1.82, 2.24) is 31.9 Å². The number of aliphatic carboxylic acids is 3. The average molecular weight is 1370 g/mol. The quantitative estimate of drug-likeness (QED) is 0.0393. The normalized spacial score (nSPS) is 11.3. The van der Waals surface area contributed by atoms with Gasteiger partial charge in [0.15, 0.2) is 0 Å². The summed E-state index contributed by atoms with van der Waals surface area (Å²) in [6.45, 7) is 10.4. The standard InChI is InChI=1S/C65H120N6O24/c1-2-65(55-95-52-61(77)71-31-39-89-45-51-92-48-42-86-34-23-58(74)68-28-17-11-5-8-14-20-64(82)83,53-93-35-24-59(75)69-29-37-87-43-49-90-46-40-84-32-21-56(72)66-26-15-9-3-6-12-18-62(78)79)54-94-36-25-60(76)70-30-38-88-44-50-91-47-41-85-33-22-57(73)67-27-16-10-4-7-13-19-63(80)81/h2-55H2,1H3,(H,66,72)(H,67,73)(H,68,74)(H,69,75)(H,70,76)(H,71,77)(H,78,79)(H,80,81)(H,82,83). The van der Waals surface area contributed by atoms with E-state index in [0.717, 1.165) is 77.0 Å². The maximum Gasteiger partial charge on any atom is 0.303 e. The Morgan fingerprint density at radius 2 is 0.463 bits per heavy atom. The van der Waals surface area contributed by atoms with Crippen molar-refractivity contribution in [2.24, 2.45) is 5.41 Å². The smallest absolute Gasteiger partial charge is 0.303 e. The van der Waals surface area contributed by atoms with Crippen LogP contribution >= 0.6 is 0 Å². The van der Waals surface area contributed by atoms with Crippen LogP contribution in [0.3, 0.4) is 0 Å². The highest BCUT2D eigenvalue weighted by atomic mass is 16.6. The van der Waals surface area contributed by atoms with E-state index in [1.54, 1.807) is 0 Å². The molecule has 554 valence electrons. The van der Waals surface area contributed by atoms with E-state index in [1.807, 2.05) is 6.92 Å². The van der Waals surface area contributed by atoms with Gasteiger partial charge in [-0.1, -0.05) is 64.7 Å². The molecular formula is C65H120N6O24. The maximum atomic E-state index is 12.7. The van der Waals surface area contributed by atoms with Gasteiger partial charge >= 0.3 is 17.9 Å². The van der Waals surface area contributed by atoms with Gasteiger partial charge in [-0.2, -0.15) is 0 Å². The van der Waals surface area contributed by atoms with E-state index in [2.05, 4.69) is 31.9 Å². The fourth-order valence-corrected chi connectivity index (χ4v) is 8.58. The summed E-state index contributed by atoms with van der Waals surface area (Å²) in [6, 6.07) is 0. The Kier molecular flexibility index (Phi) is 64.9. The number of carboxylic acid groups (broad SMARTS) is 3. The van der Waals surface area contributed by atoms with Crippen molar-refractivity contribution in [3.63, 3.8) is 0 Å². The monoisotopic (exact) mass is 1370 g/mol. The third kappa shape index (κ3) is 68.5. The van der Waals surface area contributed by atoms with Crippen LogP contribution < -0.4 is 31.9 Å². The zero-order valence-corrected chi connectivity index (χ0v) is 57.1. The van der Waals surface area contributed by atoms with E-state index in [0.29, 0.717) is 125 Å². The van der Waals surface area contributed by atoms with Crippen LogP contribution in [0.25, 0.3) is 0 Å². The molecule has 95 heavy (non-hydrogen) atoms. The molecule has 30 heteroatoms. The lowest BCUT2D eigenvalue weighted by Crippen LogP contribution is -2.39.